The van der Waals surface area contributed by atoms with Crippen LogP contribution in [0.1, 0.15) is 0 Å². The summed E-state index contributed by atoms with van der Waals surface area (Å²) in [4.78, 5) is 4.33. The fourth-order valence-electron chi connectivity index (χ4n) is 1.16. The van der Waals surface area contributed by atoms with Crippen LogP contribution in [-0.2, 0) is 7.05 Å². The Balaban J connectivity index is 2.82. The molecule has 0 atom stereocenters. The number of rotatable bonds is 1. The molecule has 0 aliphatic heterocycles. The minimum absolute atomic E-state index is 1.12. The van der Waals surface area contributed by atoms with E-state index in [1.54, 1.807) is 23.1 Å². The van der Waals surface area contributed by atoms with E-state index in [0.717, 1.165) is 5.03 Å². The molecule has 0 spiro atoms. The van der Waals surface area contributed by atoms with Crippen molar-refractivity contribution in [1.29, 1.82) is 0 Å². The summed E-state index contributed by atoms with van der Waals surface area (Å²) in [6, 6.07) is 0. The van der Waals surface area contributed by atoms with Crippen LogP contribution >= 0.6 is 23.1 Å². The molecular formula is C8H9N2S2+. The first-order chi connectivity index (χ1) is 5.83. The van der Waals surface area contributed by atoms with Gasteiger partial charge >= 0.3 is 0 Å². The molecule has 0 bridgehead atoms. The van der Waals surface area contributed by atoms with Crippen LogP contribution in [0.15, 0.2) is 22.1 Å². The second-order valence-electron chi connectivity index (χ2n) is 2.54. The first kappa shape index (κ1) is 8.01. The molecule has 4 heteroatoms. The molecule has 2 aromatic rings. The predicted octanol–water partition coefficient (Wildman–Crippen LogP) is 1.84. The second-order valence-corrected chi connectivity index (χ2v) is 4.07. The Kier molecular flexibility index (Phi) is 2.02. The minimum atomic E-state index is 1.12. The number of hydrogen-bond donors (Lipinski definition) is 0. The Morgan fingerprint density at radius 1 is 1.50 bits per heavy atom. The van der Waals surface area contributed by atoms with Crippen LogP contribution in [0.3, 0.4) is 0 Å². The number of thiophene rings is 1. The lowest BCUT2D eigenvalue weighted by Crippen LogP contribution is -2.28. The summed E-state index contributed by atoms with van der Waals surface area (Å²) in [6.45, 7) is 0. The predicted molar refractivity (Wildman–Crippen MR) is 52.6 cm³/mol. The van der Waals surface area contributed by atoms with Crippen LogP contribution in [0.4, 0.5) is 0 Å². The number of fused-ring (bicyclic) bond motifs is 1. The van der Waals surface area contributed by atoms with Crippen LogP contribution in [0.25, 0.3) is 10.9 Å². The summed E-state index contributed by atoms with van der Waals surface area (Å²) in [5.74, 6) is 0. The molecule has 0 aliphatic carbocycles. The Morgan fingerprint density at radius 3 is 3.08 bits per heavy atom. The van der Waals surface area contributed by atoms with Crippen molar-refractivity contribution in [1.82, 2.24) is 4.98 Å². The van der Waals surface area contributed by atoms with Crippen LogP contribution in [0.5, 0.6) is 0 Å². The molecule has 2 heterocycles. The summed E-state index contributed by atoms with van der Waals surface area (Å²) in [7, 11) is 2.02. The molecule has 2 aromatic heterocycles. The highest BCUT2D eigenvalue weighted by molar-refractivity contribution is 7.98. The van der Waals surface area contributed by atoms with E-state index in [1.807, 2.05) is 17.9 Å². The van der Waals surface area contributed by atoms with Crippen molar-refractivity contribution in [3.05, 3.63) is 17.1 Å². The lowest BCUT2D eigenvalue weighted by molar-refractivity contribution is -0.648. The molecule has 12 heavy (non-hydrogen) atoms. The van der Waals surface area contributed by atoms with Gasteiger partial charge in [-0.05, 0) is 11.2 Å². The number of aryl methyl sites for hydroxylation is 1. The lowest BCUT2D eigenvalue weighted by Gasteiger charge is -1.93. The molecule has 0 saturated carbocycles. The molecule has 0 saturated heterocycles. The van der Waals surface area contributed by atoms with Gasteiger partial charge in [-0.2, -0.15) is 0 Å². The first-order valence-corrected chi connectivity index (χ1v) is 5.74. The molecule has 0 fully saturated rings. The summed E-state index contributed by atoms with van der Waals surface area (Å²) in [6.07, 6.45) is 3.92. The second kappa shape index (κ2) is 3.03. The van der Waals surface area contributed by atoms with Crippen molar-refractivity contribution in [2.24, 2.45) is 7.05 Å². The van der Waals surface area contributed by atoms with Gasteiger partial charge in [-0.25, -0.2) is 4.57 Å². The maximum Gasteiger partial charge on any atom is 0.287 e. The topological polar surface area (TPSA) is 16.8 Å². The molecule has 62 valence electrons. The van der Waals surface area contributed by atoms with Gasteiger partial charge in [0.15, 0.2) is 0 Å². The van der Waals surface area contributed by atoms with E-state index in [9.17, 15) is 0 Å². The number of aromatic nitrogens is 2. The Labute approximate surface area is 79.3 Å². The molecule has 0 radical (unpaired) electrons. The molecule has 0 aromatic carbocycles. The van der Waals surface area contributed by atoms with Gasteiger partial charge in [-0.15, -0.1) is 11.3 Å². The standard InChI is InChI=1S/C8H9N2S2/c1-10-5-9-8(11-2)6-3-12-4-7(6)10/h3-5H,1-2H3/q+1. The summed E-state index contributed by atoms with van der Waals surface area (Å²) < 4.78 is 2.05. The molecule has 0 unspecified atom stereocenters. The van der Waals surface area contributed by atoms with E-state index in [1.165, 1.54) is 10.9 Å². The maximum atomic E-state index is 4.33. The van der Waals surface area contributed by atoms with E-state index < -0.39 is 0 Å². The third-order valence-electron chi connectivity index (χ3n) is 1.79. The fraction of sp³-hybridized carbons (Fsp3) is 0.250. The van der Waals surface area contributed by atoms with Gasteiger partial charge in [0.1, 0.15) is 5.52 Å². The highest BCUT2D eigenvalue weighted by atomic mass is 32.2. The number of thioether (sulfide) groups is 1. The SMILES string of the molecule is CSc1nc[n+](C)c2cscc12. The normalized spacial score (nSPS) is 10.8. The van der Waals surface area contributed by atoms with Crippen LogP contribution in [0, 0.1) is 0 Å². The minimum Gasteiger partial charge on any atom is -0.232 e. The highest BCUT2D eigenvalue weighted by Gasteiger charge is 2.11. The van der Waals surface area contributed by atoms with Gasteiger partial charge in [0, 0.05) is 10.8 Å². The molecule has 2 rings (SSSR count). The Hall–Kier alpha value is -0.610. The van der Waals surface area contributed by atoms with Crippen molar-refractivity contribution in [2.75, 3.05) is 6.26 Å². The van der Waals surface area contributed by atoms with Crippen LogP contribution in [-0.4, -0.2) is 11.2 Å². The van der Waals surface area contributed by atoms with E-state index in [-0.39, 0.29) is 0 Å². The molecule has 2 nitrogen and oxygen atoms in total. The molecule has 0 aliphatic rings. The zero-order chi connectivity index (χ0) is 8.55. The Bertz CT molecular complexity index is 408. The highest BCUT2D eigenvalue weighted by Crippen LogP contribution is 2.23. The van der Waals surface area contributed by atoms with Crippen molar-refractivity contribution < 1.29 is 4.57 Å². The van der Waals surface area contributed by atoms with Gasteiger partial charge in [-0.3, -0.25) is 0 Å². The first-order valence-electron chi connectivity index (χ1n) is 3.57. The average Bonchev–Trinajstić information content (AvgIpc) is 2.54. The molecule has 0 N–H and O–H groups in total. The number of hydrogen-bond acceptors (Lipinski definition) is 3. The number of nitrogens with zero attached hydrogens (tertiary/aromatic N) is 2. The summed E-state index contributed by atoms with van der Waals surface area (Å²) >= 11 is 3.42. The van der Waals surface area contributed by atoms with Crippen molar-refractivity contribution in [3.63, 3.8) is 0 Å². The average molecular weight is 197 g/mol. The van der Waals surface area contributed by atoms with Crippen molar-refractivity contribution >= 4 is 34.0 Å². The third kappa shape index (κ3) is 1.11. The zero-order valence-electron chi connectivity index (χ0n) is 6.94. The van der Waals surface area contributed by atoms with Crippen molar-refractivity contribution in [3.8, 4) is 0 Å². The Morgan fingerprint density at radius 2 is 2.33 bits per heavy atom. The van der Waals surface area contributed by atoms with E-state index in [4.69, 9.17) is 0 Å². The van der Waals surface area contributed by atoms with Crippen LogP contribution in [0.2, 0.25) is 0 Å². The fourth-order valence-corrected chi connectivity index (χ4v) is 2.63. The van der Waals surface area contributed by atoms with Gasteiger partial charge < -0.3 is 0 Å². The summed E-state index contributed by atoms with van der Waals surface area (Å²) in [5, 5.41) is 6.67. The molecule has 0 amide bonds. The van der Waals surface area contributed by atoms with E-state index >= 15 is 0 Å². The van der Waals surface area contributed by atoms with Gasteiger partial charge in [0.05, 0.1) is 12.4 Å². The third-order valence-corrected chi connectivity index (χ3v) is 3.24. The van der Waals surface area contributed by atoms with E-state index in [2.05, 4.69) is 22.0 Å². The van der Waals surface area contributed by atoms with E-state index in [0.29, 0.717) is 0 Å². The molecular weight excluding hydrogens is 188 g/mol. The lowest BCUT2D eigenvalue weighted by atomic mass is 10.4. The summed E-state index contributed by atoms with van der Waals surface area (Å²) in [5.41, 5.74) is 1.26. The monoisotopic (exact) mass is 197 g/mol. The largest absolute Gasteiger partial charge is 0.287 e. The van der Waals surface area contributed by atoms with Crippen molar-refractivity contribution in [2.45, 2.75) is 5.03 Å². The van der Waals surface area contributed by atoms with Gasteiger partial charge in [-0.1, -0.05) is 11.8 Å². The maximum absolute atomic E-state index is 4.33. The van der Waals surface area contributed by atoms with Crippen LogP contribution < -0.4 is 4.57 Å². The quantitative estimate of drug-likeness (QED) is 0.394. The smallest absolute Gasteiger partial charge is 0.232 e. The van der Waals surface area contributed by atoms with Gasteiger partial charge in [0.25, 0.3) is 6.33 Å². The zero-order valence-corrected chi connectivity index (χ0v) is 8.58. The van der Waals surface area contributed by atoms with Gasteiger partial charge in [0.2, 0.25) is 5.03 Å².